The molecule has 1 amide bonds. The second-order valence-corrected chi connectivity index (χ2v) is 7.36. The lowest BCUT2D eigenvalue weighted by atomic mass is 9.93. The van der Waals surface area contributed by atoms with Crippen molar-refractivity contribution in [2.75, 3.05) is 11.9 Å². The average molecular weight is 412 g/mol. The number of ether oxygens (including phenoxy) is 1. The molecule has 148 valence electrons. The maximum absolute atomic E-state index is 14.9. The number of amides is 1. The summed E-state index contributed by atoms with van der Waals surface area (Å²) in [5, 5.41) is 0.352. The molecule has 0 atom stereocenters. The van der Waals surface area contributed by atoms with Crippen molar-refractivity contribution in [3.05, 3.63) is 70.4 Å². The van der Waals surface area contributed by atoms with Crippen molar-refractivity contribution < 1.29 is 13.9 Å². The molecule has 0 fully saturated rings. The molecule has 1 aromatic carbocycles. The first-order chi connectivity index (χ1) is 13.9. The van der Waals surface area contributed by atoms with Crippen molar-refractivity contribution >= 4 is 23.2 Å². The molecule has 3 heterocycles. The molecule has 0 aliphatic carbocycles. The van der Waals surface area contributed by atoms with Crippen molar-refractivity contribution in [2.45, 2.75) is 26.4 Å². The van der Waals surface area contributed by atoms with Crippen LogP contribution in [0, 0.1) is 12.7 Å². The van der Waals surface area contributed by atoms with E-state index in [0.29, 0.717) is 40.7 Å². The van der Waals surface area contributed by atoms with E-state index in [0.717, 1.165) is 16.7 Å². The summed E-state index contributed by atoms with van der Waals surface area (Å²) in [5.41, 5.74) is 4.45. The number of anilines is 1. The number of nitrogens with zero attached hydrogens (tertiary/aromatic N) is 3. The van der Waals surface area contributed by atoms with E-state index in [2.05, 4.69) is 9.97 Å². The molecule has 4 rings (SSSR count). The van der Waals surface area contributed by atoms with Crippen LogP contribution < -0.4 is 9.64 Å². The summed E-state index contributed by atoms with van der Waals surface area (Å²) >= 11 is 5.89. The minimum atomic E-state index is -0.384. The Balaban J connectivity index is 1.66. The summed E-state index contributed by atoms with van der Waals surface area (Å²) < 4.78 is 20.7. The highest BCUT2D eigenvalue weighted by Gasteiger charge is 2.24. The molecule has 1 aliphatic rings. The smallest absolute Gasteiger partial charge is 0.227 e. The summed E-state index contributed by atoms with van der Waals surface area (Å²) in [6.07, 6.45) is 4.37. The lowest BCUT2D eigenvalue weighted by molar-refractivity contribution is -0.118. The van der Waals surface area contributed by atoms with Gasteiger partial charge in [0.05, 0.1) is 0 Å². The van der Waals surface area contributed by atoms with Gasteiger partial charge in [-0.3, -0.25) is 9.78 Å². The normalized spacial score (nSPS) is 13.4. The zero-order valence-corrected chi connectivity index (χ0v) is 16.8. The van der Waals surface area contributed by atoms with Gasteiger partial charge in [-0.1, -0.05) is 17.7 Å². The largest absolute Gasteiger partial charge is 0.473 e. The van der Waals surface area contributed by atoms with E-state index in [9.17, 15) is 9.18 Å². The molecule has 7 heteroatoms. The molecule has 3 aromatic rings. The van der Waals surface area contributed by atoms with Crippen LogP contribution in [0.5, 0.6) is 5.88 Å². The summed E-state index contributed by atoms with van der Waals surface area (Å²) in [7, 11) is 1.67. The third-order valence-corrected chi connectivity index (χ3v) is 5.40. The fourth-order valence-electron chi connectivity index (χ4n) is 3.48. The zero-order valence-electron chi connectivity index (χ0n) is 16.1. The van der Waals surface area contributed by atoms with Gasteiger partial charge in [0, 0.05) is 54.3 Å². The predicted octanol–water partition coefficient (Wildman–Crippen LogP) is 4.73. The van der Waals surface area contributed by atoms with Crippen LogP contribution in [0.2, 0.25) is 5.15 Å². The Morgan fingerprint density at radius 2 is 2.03 bits per heavy atom. The number of hydrogen-bond donors (Lipinski definition) is 0. The second kappa shape index (κ2) is 7.79. The minimum Gasteiger partial charge on any atom is -0.473 e. The number of hydrogen-bond acceptors (Lipinski definition) is 4. The Labute approximate surface area is 173 Å². The van der Waals surface area contributed by atoms with E-state index in [-0.39, 0.29) is 18.3 Å². The molecule has 5 nitrogen and oxygen atoms in total. The van der Waals surface area contributed by atoms with Crippen LogP contribution in [0.3, 0.4) is 0 Å². The van der Waals surface area contributed by atoms with Gasteiger partial charge in [-0.15, -0.1) is 0 Å². The molecule has 0 saturated carbocycles. The van der Waals surface area contributed by atoms with Gasteiger partial charge in [0.25, 0.3) is 0 Å². The van der Waals surface area contributed by atoms with Crippen LogP contribution in [-0.4, -0.2) is 22.9 Å². The van der Waals surface area contributed by atoms with Crippen molar-refractivity contribution in [1.82, 2.24) is 9.97 Å². The van der Waals surface area contributed by atoms with Gasteiger partial charge >= 0.3 is 0 Å². The monoisotopic (exact) mass is 411 g/mol. The summed E-state index contributed by atoms with van der Waals surface area (Å²) in [5.74, 6) is 0.0241. The third-order valence-electron chi connectivity index (χ3n) is 5.19. The Kier molecular flexibility index (Phi) is 5.20. The summed E-state index contributed by atoms with van der Waals surface area (Å²) in [4.78, 5) is 21.8. The van der Waals surface area contributed by atoms with Crippen molar-refractivity contribution in [1.29, 1.82) is 0 Å². The molecule has 2 aromatic heterocycles. The molecule has 0 radical (unpaired) electrons. The van der Waals surface area contributed by atoms with Crippen LogP contribution in [0.4, 0.5) is 10.1 Å². The average Bonchev–Trinajstić information content (AvgIpc) is 2.70. The first-order valence-electron chi connectivity index (χ1n) is 9.22. The number of halogens is 2. The quantitative estimate of drug-likeness (QED) is 0.582. The van der Waals surface area contributed by atoms with Gasteiger partial charge in [0.1, 0.15) is 17.6 Å². The first kappa shape index (κ1) is 19.3. The molecule has 0 spiro atoms. The van der Waals surface area contributed by atoms with Gasteiger partial charge in [-0.25, -0.2) is 9.37 Å². The van der Waals surface area contributed by atoms with Crippen LogP contribution in [0.25, 0.3) is 11.1 Å². The number of rotatable bonds is 4. The van der Waals surface area contributed by atoms with E-state index in [1.807, 2.05) is 13.0 Å². The Morgan fingerprint density at radius 1 is 1.21 bits per heavy atom. The molecule has 0 bridgehead atoms. The van der Waals surface area contributed by atoms with Gasteiger partial charge in [0.15, 0.2) is 0 Å². The summed E-state index contributed by atoms with van der Waals surface area (Å²) in [6, 6.07) is 8.41. The predicted molar refractivity (Wildman–Crippen MR) is 110 cm³/mol. The Bertz CT molecular complexity index is 1100. The fraction of sp³-hybridized carbons (Fsp3) is 0.227. The second-order valence-electron chi connectivity index (χ2n) is 6.97. The Hall–Kier alpha value is -2.99. The van der Waals surface area contributed by atoms with Crippen molar-refractivity contribution in [3.63, 3.8) is 0 Å². The molecule has 0 unspecified atom stereocenters. The number of benzene rings is 1. The van der Waals surface area contributed by atoms with Crippen LogP contribution in [0.15, 0.2) is 42.7 Å². The van der Waals surface area contributed by atoms with E-state index in [1.54, 1.807) is 37.6 Å². The van der Waals surface area contributed by atoms with Crippen molar-refractivity contribution in [2.24, 2.45) is 0 Å². The molecule has 1 aliphatic heterocycles. The molecule has 0 saturated heterocycles. The van der Waals surface area contributed by atoms with Gasteiger partial charge in [-0.05, 0) is 42.7 Å². The van der Waals surface area contributed by atoms with Crippen LogP contribution in [-0.2, 0) is 17.8 Å². The standard InChI is InChI=1S/C22H19ClFN3O2/c1-13-15(12-29-21-5-3-4-20(23)26-21)10-25-11-17(13)16-8-14-6-7-22(28)27(2)19(14)9-18(16)24/h3-5,8-11H,6-7,12H2,1-2H3. The molecular formula is C22H19ClFN3O2. The zero-order chi connectivity index (χ0) is 20.5. The SMILES string of the molecule is Cc1c(COc2cccc(Cl)n2)cncc1-c1cc2c(cc1F)N(C)C(=O)CC2. The van der Waals surface area contributed by atoms with E-state index >= 15 is 0 Å². The number of carbonyl (C=O) groups is 1. The number of pyridine rings is 2. The fourth-order valence-corrected chi connectivity index (χ4v) is 3.63. The third kappa shape index (κ3) is 3.80. The number of aryl methyl sites for hydroxylation is 1. The number of carbonyl (C=O) groups excluding carboxylic acids is 1. The first-order valence-corrected chi connectivity index (χ1v) is 9.60. The highest BCUT2D eigenvalue weighted by Crippen LogP contribution is 2.35. The number of fused-ring (bicyclic) bond motifs is 1. The van der Waals surface area contributed by atoms with Crippen LogP contribution in [0.1, 0.15) is 23.1 Å². The van der Waals surface area contributed by atoms with Gasteiger partial charge < -0.3 is 9.64 Å². The Morgan fingerprint density at radius 3 is 2.83 bits per heavy atom. The van der Waals surface area contributed by atoms with E-state index < -0.39 is 0 Å². The van der Waals surface area contributed by atoms with E-state index in [4.69, 9.17) is 16.3 Å². The van der Waals surface area contributed by atoms with Crippen LogP contribution >= 0.6 is 11.6 Å². The van der Waals surface area contributed by atoms with Gasteiger partial charge in [-0.2, -0.15) is 0 Å². The highest BCUT2D eigenvalue weighted by molar-refractivity contribution is 6.29. The lowest BCUT2D eigenvalue weighted by Gasteiger charge is -2.26. The maximum atomic E-state index is 14.9. The molecule has 29 heavy (non-hydrogen) atoms. The summed E-state index contributed by atoms with van der Waals surface area (Å²) in [6.45, 7) is 2.15. The molecule has 0 N–H and O–H groups in total. The topological polar surface area (TPSA) is 55.3 Å². The maximum Gasteiger partial charge on any atom is 0.227 e. The molecular weight excluding hydrogens is 393 g/mol. The number of aromatic nitrogens is 2. The van der Waals surface area contributed by atoms with Gasteiger partial charge in [0.2, 0.25) is 11.8 Å². The minimum absolute atomic E-state index is 0.00346. The van der Waals surface area contributed by atoms with E-state index in [1.165, 1.54) is 11.0 Å². The lowest BCUT2D eigenvalue weighted by Crippen LogP contribution is -2.31. The van der Waals surface area contributed by atoms with Crippen molar-refractivity contribution in [3.8, 4) is 17.0 Å². The highest BCUT2D eigenvalue weighted by atomic mass is 35.5.